The van der Waals surface area contributed by atoms with Crippen molar-refractivity contribution in [2.75, 3.05) is 13.1 Å². The molecule has 27 heavy (non-hydrogen) atoms. The lowest BCUT2D eigenvalue weighted by Crippen LogP contribution is -2.41. The van der Waals surface area contributed by atoms with E-state index in [2.05, 4.69) is 16.0 Å². The molecule has 1 aliphatic rings. The number of carbonyl (C=O) groups is 1. The first-order chi connectivity index (χ1) is 13.1. The van der Waals surface area contributed by atoms with Gasteiger partial charge in [-0.2, -0.15) is 0 Å². The Kier molecular flexibility index (Phi) is 4.86. The third-order valence-corrected chi connectivity index (χ3v) is 5.28. The quantitative estimate of drug-likeness (QED) is 0.752. The molecular formula is C22H21FN2O2. The number of hydrogen-bond donors (Lipinski definition) is 1. The fraction of sp³-hybridized carbons (Fsp3) is 0.273. The van der Waals surface area contributed by atoms with Crippen LogP contribution in [-0.4, -0.2) is 34.0 Å². The summed E-state index contributed by atoms with van der Waals surface area (Å²) >= 11 is 0. The molecule has 5 heteroatoms. The number of carboxylic acid groups (broad SMARTS) is 1. The Morgan fingerprint density at radius 1 is 1.15 bits per heavy atom. The van der Waals surface area contributed by atoms with E-state index in [1.54, 1.807) is 12.1 Å². The van der Waals surface area contributed by atoms with E-state index in [-0.39, 0.29) is 17.8 Å². The van der Waals surface area contributed by atoms with Crippen molar-refractivity contribution in [1.82, 2.24) is 9.88 Å². The van der Waals surface area contributed by atoms with Gasteiger partial charge < -0.3 is 5.11 Å². The molecule has 1 N–H and O–H groups in total. The first-order valence-electron chi connectivity index (χ1n) is 9.19. The minimum absolute atomic E-state index is 0.148. The molecule has 2 aromatic carbocycles. The summed E-state index contributed by atoms with van der Waals surface area (Å²) in [5.74, 6) is -1.42. The van der Waals surface area contributed by atoms with Crippen molar-refractivity contribution in [3.05, 3.63) is 77.7 Å². The monoisotopic (exact) mass is 364 g/mol. The Morgan fingerprint density at radius 2 is 1.93 bits per heavy atom. The molecule has 1 aliphatic heterocycles. The first kappa shape index (κ1) is 17.6. The smallest absolute Gasteiger partial charge is 0.307 e. The molecule has 4 nitrogen and oxygen atoms in total. The van der Waals surface area contributed by atoms with E-state index >= 15 is 0 Å². The van der Waals surface area contributed by atoms with Crippen molar-refractivity contribution in [3.8, 4) is 0 Å². The zero-order valence-electron chi connectivity index (χ0n) is 14.9. The third kappa shape index (κ3) is 3.69. The Bertz CT molecular complexity index is 958. The summed E-state index contributed by atoms with van der Waals surface area (Å²) in [6.07, 6.45) is 3.37. The number of rotatable bonds is 4. The summed E-state index contributed by atoms with van der Waals surface area (Å²) in [7, 11) is 0. The SMILES string of the molecule is O=C(O)C1CCCN(C(c2ccc(F)cc2)c2cnc3ccccc3c2)C1. The predicted molar refractivity (Wildman–Crippen MR) is 102 cm³/mol. The van der Waals surface area contributed by atoms with Gasteiger partial charge in [-0.3, -0.25) is 14.7 Å². The number of halogens is 1. The molecule has 0 saturated carbocycles. The molecule has 1 aromatic heterocycles. The van der Waals surface area contributed by atoms with Gasteiger partial charge in [0.05, 0.1) is 17.5 Å². The van der Waals surface area contributed by atoms with Crippen LogP contribution in [0.5, 0.6) is 0 Å². The van der Waals surface area contributed by atoms with Gasteiger partial charge >= 0.3 is 5.97 Å². The Morgan fingerprint density at radius 3 is 2.70 bits per heavy atom. The van der Waals surface area contributed by atoms with Crippen molar-refractivity contribution in [3.63, 3.8) is 0 Å². The van der Waals surface area contributed by atoms with E-state index in [4.69, 9.17) is 0 Å². The van der Waals surface area contributed by atoms with Crippen LogP contribution in [0.4, 0.5) is 4.39 Å². The predicted octanol–water partition coefficient (Wildman–Crippen LogP) is 4.26. The highest BCUT2D eigenvalue weighted by Crippen LogP contribution is 2.33. The van der Waals surface area contributed by atoms with Crippen LogP contribution in [0.3, 0.4) is 0 Å². The van der Waals surface area contributed by atoms with Gasteiger partial charge in [-0.05, 0) is 54.8 Å². The average molecular weight is 364 g/mol. The molecule has 0 aliphatic carbocycles. The van der Waals surface area contributed by atoms with Crippen LogP contribution in [0, 0.1) is 11.7 Å². The molecule has 0 spiro atoms. The Balaban J connectivity index is 1.77. The standard InChI is InChI=1S/C22H21FN2O2/c23-19-9-7-15(8-10-19)21(25-11-3-5-17(14-25)22(26)27)18-12-16-4-1-2-6-20(16)24-13-18/h1-2,4,6-10,12-13,17,21H,3,5,11,14H2,(H,26,27). The van der Waals surface area contributed by atoms with Gasteiger partial charge in [-0.1, -0.05) is 30.3 Å². The van der Waals surface area contributed by atoms with E-state index in [0.29, 0.717) is 13.0 Å². The normalized spacial score (nSPS) is 19.1. The van der Waals surface area contributed by atoms with Crippen LogP contribution in [0.25, 0.3) is 10.9 Å². The molecule has 3 aromatic rings. The number of carboxylic acids is 1. The number of likely N-dealkylation sites (tertiary alicyclic amines) is 1. The number of para-hydroxylation sites is 1. The summed E-state index contributed by atoms with van der Waals surface area (Å²) in [6.45, 7) is 1.28. The lowest BCUT2D eigenvalue weighted by molar-refractivity contribution is -0.143. The topological polar surface area (TPSA) is 53.4 Å². The second-order valence-corrected chi connectivity index (χ2v) is 7.09. The molecule has 2 unspecified atom stereocenters. The maximum absolute atomic E-state index is 13.5. The minimum Gasteiger partial charge on any atom is -0.481 e. The lowest BCUT2D eigenvalue weighted by atomic mass is 9.91. The van der Waals surface area contributed by atoms with Crippen LogP contribution in [-0.2, 0) is 4.79 Å². The fourth-order valence-corrected chi connectivity index (χ4v) is 3.94. The zero-order valence-corrected chi connectivity index (χ0v) is 14.9. The van der Waals surface area contributed by atoms with Crippen molar-refractivity contribution in [1.29, 1.82) is 0 Å². The number of fused-ring (bicyclic) bond motifs is 1. The van der Waals surface area contributed by atoms with Crippen molar-refractivity contribution in [2.24, 2.45) is 5.92 Å². The summed E-state index contributed by atoms with van der Waals surface area (Å²) in [6, 6.07) is 16.3. The molecule has 0 bridgehead atoms. The van der Waals surface area contributed by atoms with Gasteiger partial charge in [-0.25, -0.2) is 4.39 Å². The fourth-order valence-electron chi connectivity index (χ4n) is 3.94. The number of piperidine rings is 1. The average Bonchev–Trinajstić information content (AvgIpc) is 2.70. The second-order valence-electron chi connectivity index (χ2n) is 7.09. The molecule has 2 atom stereocenters. The molecule has 1 saturated heterocycles. The summed E-state index contributed by atoms with van der Waals surface area (Å²) in [5.41, 5.74) is 2.85. The van der Waals surface area contributed by atoms with Gasteiger partial charge in [0, 0.05) is 18.1 Å². The van der Waals surface area contributed by atoms with Gasteiger partial charge in [0.2, 0.25) is 0 Å². The van der Waals surface area contributed by atoms with Gasteiger partial charge in [0.25, 0.3) is 0 Å². The summed E-state index contributed by atoms with van der Waals surface area (Å²) in [5, 5.41) is 10.5. The number of hydrogen-bond acceptors (Lipinski definition) is 3. The summed E-state index contributed by atoms with van der Waals surface area (Å²) in [4.78, 5) is 18.3. The zero-order chi connectivity index (χ0) is 18.8. The van der Waals surface area contributed by atoms with Crippen LogP contribution in [0.15, 0.2) is 60.8 Å². The van der Waals surface area contributed by atoms with Crippen LogP contribution >= 0.6 is 0 Å². The first-order valence-corrected chi connectivity index (χ1v) is 9.19. The van der Waals surface area contributed by atoms with Gasteiger partial charge in [0.15, 0.2) is 0 Å². The number of aromatic nitrogens is 1. The molecule has 1 fully saturated rings. The summed E-state index contributed by atoms with van der Waals surface area (Å²) < 4.78 is 13.5. The number of aliphatic carboxylic acids is 1. The van der Waals surface area contributed by atoms with E-state index in [1.807, 2.05) is 30.5 Å². The highest BCUT2D eigenvalue weighted by Gasteiger charge is 2.31. The second kappa shape index (κ2) is 7.45. The maximum Gasteiger partial charge on any atom is 0.307 e. The molecule has 0 amide bonds. The van der Waals surface area contributed by atoms with Crippen LogP contribution in [0.1, 0.15) is 30.0 Å². The van der Waals surface area contributed by atoms with E-state index in [9.17, 15) is 14.3 Å². The maximum atomic E-state index is 13.5. The Labute approximate surface area is 157 Å². The third-order valence-electron chi connectivity index (χ3n) is 5.28. The van der Waals surface area contributed by atoms with E-state index < -0.39 is 5.97 Å². The molecule has 0 radical (unpaired) electrons. The van der Waals surface area contributed by atoms with Crippen molar-refractivity contribution in [2.45, 2.75) is 18.9 Å². The van der Waals surface area contributed by atoms with Gasteiger partial charge in [0.1, 0.15) is 5.82 Å². The van der Waals surface area contributed by atoms with Crippen LogP contribution in [0.2, 0.25) is 0 Å². The molecule has 4 rings (SSSR count). The van der Waals surface area contributed by atoms with Crippen LogP contribution < -0.4 is 0 Å². The largest absolute Gasteiger partial charge is 0.481 e. The highest BCUT2D eigenvalue weighted by molar-refractivity contribution is 5.79. The molecule has 2 heterocycles. The molecular weight excluding hydrogens is 343 g/mol. The highest BCUT2D eigenvalue weighted by atomic mass is 19.1. The lowest BCUT2D eigenvalue weighted by Gasteiger charge is -2.37. The van der Waals surface area contributed by atoms with E-state index in [1.165, 1.54) is 12.1 Å². The molecule has 138 valence electrons. The van der Waals surface area contributed by atoms with Crippen molar-refractivity contribution < 1.29 is 14.3 Å². The van der Waals surface area contributed by atoms with E-state index in [0.717, 1.165) is 35.0 Å². The van der Waals surface area contributed by atoms with Crippen molar-refractivity contribution >= 4 is 16.9 Å². The number of pyridine rings is 1. The Hall–Kier alpha value is -2.79. The number of benzene rings is 2. The minimum atomic E-state index is -0.755. The van der Waals surface area contributed by atoms with Gasteiger partial charge in [-0.15, -0.1) is 0 Å². The number of nitrogens with zero attached hydrogens (tertiary/aromatic N) is 2.